The van der Waals surface area contributed by atoms with Crippen molar-refractivity contribution in [3.05, 3.63) is 23.8 Å². The molecule has 0 aliphatic carbocycles. The number of aryl methyl sites for hydroxylation is 1. The number of nitrogens with zero attached hydrogens (tertiary/aromatic N) is 3. The van der Waals surface area contributed by atoms with Crippen LogP contribution in [0.2, 0.25) is 0 Å². The van der Waals surface area contributed by atoms with Crippen molar-refractivity contribution in [1.82, 2.24) is 14.5 Å². The minimum atomic E-state index is -0.879. The number of hydrogen-bond acceptors (Lipinski definition) is 3. The number of nitrogen functional groups attached to an aromatic ring is 1. The van der Waals surface area contributed by atoms with Gasteiger partial charge in [-0.3, -0.25) is 0 Å². The van der Waals surface area contributed by atoms with E-state index >= 15 is 0 Å². The van der Waals surface area contributed by atoms with Gasteiger partial charge < -0.3 is 15.2 Å². The van der Waals surface area contributed by atoms with Crippen LogP contribution in [0.5, 0.6) is 0 Å². The van der Waals surface area contributed by atoms with E-state index in [0.717, 1.165) is 25.5 Å². The second kappa shape index (κ2) is 6.39. The lowest BCUT2D eigenvalue weighted by molar-refractivity contribution is 0.266. The number of imidazole rings is 1. The van der Waals surface area contributed by atoms with Crippen LogP contribution < -0.4 is 5.73 Å². The number of halogens is 2. The minimum absolute atomic E-state index is 0.157. The van der Waals surface area contributed by atoms with Gasteiger partial charge in [-0.05, 0) is 52.4 Å². The molecule has 0 atom stereocenters. The fourth-order valence-corrected chi connectivity index (χ4v) is 2.29. The van der Waals surface area contributed by atoms with Crippen LogP contribution in [0, 0.1) is 11.6 Å². The van der Waals surface area contributed by atoms with Crippen molar-refractivity contribution in [2.45, 2.75) is 39.3 Å². The lowest BCUT2D eigenvalue weighted by atomic mass is 10.2. The predicted octanol–water partition coefficient (Wildman–Crippen LogP) is 3.02. The highest BCUT2D eigenvalue weighted by Crippen LogP contribution is 2.23. The van der Waals surface area contributed by atoms with Gasteiger partial charge in [0.1, 0.15) is 5.52 Å². The molecule has 2 rings (SSSR count). The van der Waals surface area contributed by atoms with Gasteiger partial charge in [0, 0.05) is 12.6 Å². The van der Waals surface area contributed by atoms with E-state index in [2.05, 4.69) is 30.8 Å². The summed E-state index contributed by atoms with van der Waals surface area (Å²) in [6.07, 6.45) is 1.80. The molecular weight excluding hydrogens is 274 g/mol. The summed E-state index contributed by atoms with van der Waals surface area (Å²) in [4.78, 5) is 6.33. The van der Waals surface area contributed by atoms with Crippen molar-refractivity contribution in [2.24, 2.45) is 0 Å². The molecule has 0 spiro atoms. The topological polar surface area (TPSA) is 47.1 Å². The van der Waals surface area contributed by atoms with Crippen LogP contribution in [0.1, 0.15) is 26.7 Å². The molecule has 0 amide bonds. The molecule has 2 aromatic rings. The highest BCUT2D eigenvalue weighted by molar-refractivity contribution is 5.79. The molecule has 0 bridgehead atoms. The van der Waals surface area contributed by atoms with Crippen LogP contribution in [0.15, 0.2) is 12.1 Å². The van der Waals surface area contributed by atoms with E-state index in [1.165, 1.54) is 6.07 Å². The van der Waals surface area contributed by atoms with Gasteiger partial charge in [0.25, 0.3) is 0 Å². The standard InChI is InChI=1S/C15H22F2N4/c1-10(2)20(3)8-4-5-9-21-14-12(19-15(21)18)7-6-11(16)13(14)17/h6-7,10H,4-5,8-9H2,1-3H3,(H2,18,19). The Hall–Kier alpha value is -1.69. The Morgan fingerprint density at radius 3 is 2.67 bits per heavy atom. The molecular formula is C15H22F2N4. The Balaban J connectivity index is 2.08. The molecule has 1 aromatic carbocycles. The molecule has 0 saturated carbocycles. The third kappa shape index (κ3) is 3.32. The van der Waals surface area contributed by atoms with Crippen molar-refractivity contribution in [1.29, 1.82) is 0 Å². The number of benzene rings is 1. The van der Waals surface area contributed by atoms with Gasteiger partial charge in [0.2, 0.25) is 5.95 Å². The summed E-state index contributed by atoms with van der Waals surface area (Å²) in [5.41, 5.74) is 6.37. The van der Waals surface area contributed by atoms with E-state index in [-0.39, 0.29) is 11.5 Å². The van der Waals surface area contributed by atoms with Gasteiger partial charge in [-0.2, -0.15) is 0 Å². The smallest absolute Gasteiger partial charge is 0.201 e. The van der Waals surface area contributed by atoms with E-state index in [9.17, 15) is 8.78 Å². The number of unbranched alkanes of at least 4 members (excludes halogenated alkanes) is 1. The fourth-order valence-electron chi connectivity index (χ4n) is 2.29. The van der Waals surface area contributed by atoms with Gasteiger partial charge in [-0.15, -0.1) is 0 Å². The molecule has 6 heteroatoms. The minimum Gasteiger partial charge on any atom is -0.369 e. The van der Waals surface area contributed by atoms with E-state index < -0.39 is 11.6 Å². The van der Waals surface area contributed by atoms with Gasteiger partial charge in [0.05, 0.1) is 5.52 Å². The van der Waals surface area contributed by atoms with Gasteiger partial charge in [0.15, 0.2) is 11.6 Å². The number of fused-ring (bicyclic) bond motifs is 1. The number of nitrogens with two attached hydrogens (primary N) is 1. The van der Waals surface area contributed by atoms with Crippen LogP contribution in [0.25, 0.3) is 11.0 Å². The summed E-state index contributed by atoms with van der Waals surface area (Å²) in [5, 5.41) is 0. The normalized spacial score (nSPS) is 12.0. The fraction of sp³-hybridized carbons (Fsp3) is 0.533. The lowest BCUT2D eigenvalue weighted by Gasteiger charge is -2.20. The Bertz CT molecular complexity index is 622. The van der Waals surface area contributed by atoms with E-state index in [4.69, 9.17) is 5.73 Å². The van der Waals surface area contributed by atoms with Crippen LogP contribution in [-0.4, -0.2) is 34.1 Å². The maximum atomic E-state index is 13.9. The van der Waals surface area contributed by atoms with Crippen LogP contribution in [0.4, 0.5) is 14.7 Å². The third-order valence-electron chi connectivity index (χ3n) is 3.85. The Morgan fingerprint density at radius 1 is 1.29 bits per heavy atom. The maximum absolute atomic E-state index is 13.9. The van der Waals surface area contributed by atoms with E-state index in [1.807, 2.05) is 0 Å². The molecule has 116 valence electrons. The first-order chi connectivity index (χ1) is 9.91. The Kier molecular flexibility index (Phi) is 4.77. The number of rotatable bonds is 6. The summed E-state index contributed by atoms with van der Waals surface area (Å²) in [5.74, 6) is -1.52. The highest BCUT2D eigenvalue weighted by Gasteiger charge is 2.15. The van der Waals surface area contributed by atoms with Gasteiger partial charge >= 0.3 is 0 Å². The molecule has 1 heterocycles. The largest absolute Gasteiger partial charge is 0.369 e. The SMILES string of the molecule is CC(C)N(C)CCCCn1c(N)nc2ccc(F)c(F)c21. The van der Waals surface area contributed by atoms with Crippen molar-refractivity contribution in [3.8, 4) is 0 Å². The van der Waals surface area contributed by atoms with Crippen LogP contribution >= 0.6 is 0 Å². The third-order valence-corrected chi connectivity index (χ3v) is 3.85. The number of anilines is 1. The second-order valence-corrected chi connectivity index (χ2v) is 5.63. The highest BCUT2D eigenvalue weighted by atomic mass is 19.2. The van der Waals surface area contributed by atoms with Crippen molar-refractivity contribution >= 4 is 17.0 Å². The second-order valence-electron chi connectivity index (χ2n) is 5.63. The molecule has 0 aliphatic rings. The van der Waals surface area contributed by atoms with Crippen molar-refractivity contribution in [3.63, 3.8) is 0 Å². The summed E-state index contributed by atoms with van der Waals surface area (Å²) in [6.45, 7) is 5.77. The molecule has 0 aliphatic heterocycles. The zero-order chi connectivity index (χ0) is 15.6. The lowest BCUT2D eigenvalue weighted by Crippen LogP contribution is -2.27. The average molecular weight is 296 g/mol. The van der Waals surface area contributed by atoms with Crippen molar-refractivity contribution < 1.29 is 8.78 Å². The summed E-state index contributed by atoms with van der Waals surface area (Å²) in [6, 6.07) is 3.02. The molecule has 0 saturated heterocycles. The van der Waals surface area contributed by atoms with E-state index in [0.29, 0.717) is 18.1 Å². The molecule has 0 radical (unpaired) electrons. The quantitative estimate of drug-likeness (QED) is 0.834. The van der Waals surface area contributed by atoms with Crippen LogP contribution in [0.3, 0.4) is 0 Å². The average Bonchev–Trinajstić information content (AvgIpc) is 2.75. The molecule has 4 nitrogen and oxygen atoms in total. The molecule has 0 unspecified atom stereocenters. The summed E-state index contributed by atoms with van der Waals surface area (Å²) < 4.78 is 28.8. The van der Waals surface area contributed by atoms with Gasteiger partial charge in [-0.1, -0.05) is 0 Å². The monoisotopic (exact) mass is 296 g/mol. The predicted molar refractivity (Wildman–Crippen MR) is 81.1 cm³/mol. The zero-order valence-corrected chi connectivity index (χ0v) is 12.7. The first-order valence-electron chi connectivity index (χ1n) is 7.21. The van der Waals surface area contributed by atoms with E-state index in [1.54, 1.807) is 4.57 Å². The molecule has 0 fully saturated rings. The number of aromatic nitrogens is 2. The molecule has 2 N–H and O–H groups in total. The zero-order valence-electron chi connectivity index (χ0n) is 12.7. The summed E-state index contributed by atoms with van der Waals surface area (Å²) in [7, 11) is 2.07. The van der Waals surface area contributed by atoms with Crippen LogP contribution in [-0.2, 0) is 6.54 Å². The summed E-state index contributed by atoms with van der Waals surface area (Å²) >= 11 is 0. The van der Waals surface area contributed by atoms with Gasteiger partial charge in [-0.25, -0.2) is 13.8 Å². The first-order valence-corrected chi connectivity index (χ1v) is 7.21. The first kappa shape index (κ1) is 15.7. The molecule has 1 aromatic heterocycles. The van der Waals surface area contributed by atoms with Crippen molar-refractivity contribution in [2.75, 3.05) is 19.3 Å². The Morgan fingerprint density at radius 2 is 2.00 bits per heavy atom. The Labute approximate surface area is 123 Å². The number of hydrogen-bond donors (Lipinski definition) is 1. The molecule has 21 heavy (non-hydrogen) atoms. The maximum Gasteiger partial charge on any atom is 0.201 e.